The molecule has 2 rings (SSSR count). The fraction of sp³-hybridized carbons (Fsp3) is 0.500. The van der Waals surface area contributed by atoms with Gasteiger partial charge in [-0.05, 0) is 25.0 Å². The molecule has 6 nitrogen and oxygen atoms in total. The molecule has 1 saturated carbocycles. The molecule has 1 aromatic rings. The van der Waals surface area contributed by atoms with Gasteiger partial charge in [-0.25, -0.2) is 0 Å². The number of rotatable bonds is 7. The lowest BCUT2D eigenvalue weighted by molar-refractivity contribution is -0.150. The Kier molecular flexibility index (Phi) is 5.25. The number of ether oxygens (including phenoxy) is 4. The van der Waals surface area contributed by atoms with E-state index >= 15 is 0 Å². The standard InChI is InChI=1S/C16H20O6/c1-19-13-7-11(8-14(20-2)15(13)21-3)12(17)9-22-16(18)10-5-4-6-10/h7-8,10H,4-6,9H2,1-3H3. The molecule has 0 radical (unpaired) electrons. The minimum absolute atomic E-state index is 0.0484. The van der Waals surface area contributed by atoms with Gasteiger partial charge in [0.15, 0.2) is 18.1 Å². The van der Waals surface area contributed by atoms with Crippen LogP contribution in [0.3, 0.4) is 0 Å². The molecule has 1 aliphatic rings. The summed E-state index contributed by atoms with van der Waals surface area (Å²) in [4.78, 5) is 23.8. The van der Waals surface area contributed by atoms with E-state index in [1.807, 2.05) is 0 Å². The van der Waals surface area contributed by atoms with Crippen molar-refractivity contribution >= 4 is 11.8 Å². The Labute approximate surface area is 129 Å². The average Bonchev–Trinajstić information content (AvgIpc) is 2.49. The maximum atomic E-state index is 12.2. The number of carbonyl (C=O) groups is 2. The summed E-state index contributed by atoms with van der Waals surface area (Å²) < 4.78 is 20.7. The second-order valence-corrected chi connectivity index (χ2v) is 5.07. The minimum atomic E-state index is -0.313. The van der Waals surface area contributed by atoms with E-state index in [-0.39, 0.29) is 24.3 Å². The highest BCUT2D eigenvalue weighted by Crippen LogP contribution is 2.38. The second-order valence-electron chi connectivity index (χ2n) is 5.07. The first-order valence-electron chi connectivity index (χ1n) is 7.10. The van der Waals surface area contributed by atoms with Crippen LogP contribution in [-0.4, -0.2) is 39.7 Å². The predicted octanol–water partition coefficient (Wildman–Crippen LogP) is 2.24. The van der Waals surface area contributed by atoms with Gasteiger partial charge in [0, 0.05) is 5.56 Å². The van der Waals surface area contributed by atoms with Crippen molar-refractivity contribution in [1.29, 1.82) is 0 Å². The Morgan fingerprint density at radius 2 is 1.64 bits per heavy atom. The molecule has 0 aromatic heterocycles. The zero-order chi connectivity index (χ0) is 16.1. The largest absolute Gasteiger partial charge is 0.493 e. The molecule has 0 aliphatic heterocycles. The molecule has 0 heterocycles. The van der Waals surface area contributed by atoms with Crippen molar-refractivity contribution in [3.8, 4) is 17.2 Å². The highest BCUT2D eigenvalue weighted by Gasteiger charge is 2.27. The summed E-state index contributed by atoms with van der Waals surface area (Å²) >= 11 is 0. The molecular formula is C16H20O6. The molecule has 22 heavy (non-hydrogen) atoms. The number of hydrogen-bond donors (Lipinski definition) is 0. The third kappa shape index (κ3) is 3.32. The molecule has 0 unspecified atom stereocenters. The number of Topliss-reactive ketones (excluding diaryl/α,β-unsaturated/α-hetero) is 1. The Hall–Kier alpha value is -2.24. The van der Waals surface area contributed by atoms with Crippen LogP contribution in [0.4, 0.5) is 0 Å². The molecule has 0 saturated heterocycles. The minimum Gasteiger partial charge on any atom is -0.493 e. The van der Waals surface area contributed by atoms with Gasteiger partial charge < -0.3 is 18.9 Å². The molecule has 120 valence electrons. The van der Waals surface area contributed by atoms with E-state index in [2.05, 4.69) is 0 Å². The first-order valence-corrected chi connectivity index (χ1v) is 7.10. The number of ketones is 1. The monoisotopic (exact) mass is 308 g/mol. The molecule has 1 aromatic carbocycles. The summed E-state index contributed by atoms with van der Waals surface area (Å²) in [5.41, 5.74) is 0.343. The lowest BCUT2D eigenvalue weighted by Gasteiger charge is -2.22. The first-order chi connectivity index (χ1) is 10.6. The van der Waals surface area contributed by atoms with Gasteiger partial charge in [0.25, 0.3) is 0 Å². The average molecular weight is 308 g/mol. The summed E-state index contributed by atoms with van der Waals surface area (Å²) in [6, 6.07) is 3.09. The van der Waals surface area contributed by atoms with Crippen LogP contribution in [0.2, 0.25) is 0 Å². The Morgan fingerprint density at radius 3 is 2.05 bits per heavy atom. The van der Waals surface area contributed by atoms with Crippen molar-refractivity contribution in [2.24, 2.45) is 5.92 Å². The zero-order valence-electron chi connectivity index (χ0n) is 13.0. The normalized spacial score (nSPS) is 14.0. The summed E-state index contributed by atoms with van der Waals surface area (Å²) in [5, 5.41) is 0. The molecular weight excluding hydrogens is 288 g/mol. The van der Waals surface area contributed by atoms with Crippen LogP contribution in [0, 0.1) is 5.92 Å². The van der Waals surface area contributed by atoms with Crippen LogP contribution < -0.4 is 14.2 Å². The van der Waals surface area contributed by atoms with E-state index in [1.165, 1.54) is 21.3 Å². The van der Waals surface area contributed by atoms with Crippen molar-refractivity contribution in [3.05, 3.63) is 17.7 Å². The van der Waals surface area contributed by atoms with Gasteiger partial charge in [-0.1, -0.05) is 6.42 Å². The summed E-state index contributed by atoms with van der Waals surface area (Å²) in [7, 11) is 4.44. The number of benzene rings is 1. The van der Waals surface area contributed by atoms with Crippen LogP contribution in [0.15, 0.2) is 12.1 Å². The molecule has 1 aliphatic carbocycles. The lowest BCUT2D eigenvalue weighted by Crippen LogP contribution is -2.26. The van der Waals surface area contributed by atoms with Crippen molar-refractivity contribution in [2.75, 3.05) is 27.9 Å². The first kappa shape index (κ1) is 16.1. The SMILES string of the molecule is COc1cc(C(=O)COC(=O)C2CCC2)cc(OC)c1OC. The van der Waals surface area contributed by atoms with E-state index in [1.54, 1.807) is 12.1 Å². The van der Waals surface area contributed by atoms with E-state index in [4.69, 9.17) is 18.9 Å². The van der Waals surface area contributed by atoms with Crippen molar-refractivity contribution in [2.45, 2.75) is 19.3 Å². The fourth-order valence-corrected chi connectivity index (χ4v) is 2.22. The molecule has 0 bridgehead atoms. The Morgan fingerprint density at radius 1 is 1.05 bits per heavy atom. The van der Waals surface area contributed by atoms with Gasteiger partial charge in [0.05, 0.1) is 27.2 Å². The second kappa shape index (κ2) is 7.15. The van der Waals surface area contributed by atoms with E-state index in [0.717, 1.165) is 19.3 Å². The van der Waals surface area contributed by atoms with Gasteiger partial charge in [-0.3, -0.25) is 9.59 Å². The number of carbonyl (C=O) groups excluding carboxylic acids is 2. The van der Waals surface area contributed by atoms with E-state index in [9.17, 15) is 9.59 Å². The van der Waals surface area contributed by atoms with Gasteiger partial charge in [-0.2, -0.15) is 0 Å². The van der Waals surface area contributed by atoms with E-state index < -0.39 is 0 Å². The van der Waals surface area contributed by atoms with Crippen LogP contribution in [0.25, 0.3) is 0 Å². The van der Waals surface area contributed by atoms with E-state index in [0.29, 0.717) is 22.8 Å². The van der Waals surface area contributed by atoms with Crippen LogP contribution >= 0.6 is 0 Å². The molecule has 0 amide bonds. The molecule has 0 N–H and O–H groups in total. The maximum Gasteiger partial charge on any atom is 0.309 e. The maximum absolute atomic E-state index is 12.2. The van der Waals surface area contributed by atoms with Crippen LogP contribution in [0.5, 0.6) is 17.2 Å². The van der Waals surface area contributed by atoms with Gasteiger partial charge in [-0.15, -0.1) is 0 Å². The third-order valence-corrected chi connectivity index (χ3v) is 3.77. The van der Waals surface area contributed by atoms with Gasteiger partial charge in [0.1, 0.15) is 0 Å². The molecule has 0 spiro atoms. The number of methoxy groups -OCH3 is 3. The zero-order valence-corrected chi connectivity index (χ0v) is 13.0. The van der Waals surface area contributed by atoms with Crippen molar-refractivity contribution in [1.82, 2.24) is 0 Å². The number of esters is 1. The summed E-state index contributed by atoms with van der Waals surface area (Å²) in [5.74, 6) is 0.519. The molecule has 0 atom stereocenters. The lowest BCUT2D eigenvalue weighted by atomic mass is 9.86. The van der Waals surface area contributed by atoms with Gasteiger partial charge >= 0.3 is 5.97 Å². The number of hydrogen-bond acceptors (Lipinski definition) is 6. The summed E-state index contributed by atoms with van der Waals surface area (Å²) in [6.07, 6.45) is 2.73. The quantitative estimate of drug-likeness (QED) is 0.568. The highest BCUT2D eigenvalue weighted by molar-refractivity contribution is 5.99. The molecule has 6 heteroatoms. The van der Waals surface area contributed by atoms with Crippen molar-refractivity contribution in [3.63, 3.8) is 0 Å². The van der Waals surface area contributed by atoms with Crippen molar-refractivity contribution < 1.29 is 28.5 Å². The highest BCUT2D eigenvalue weighted by atomic mass is 16.5. The Bertz CT molecular complexity index is 537. The third-order valence-electron chi connectivity index (χ3n) is 3.77. The van der Waals surface area contributed by atoms with Crippen LogP contribution in [-0.2, 0) is 9.53 Å². The van der Waals surface area contributed by atoms with Gasteiger partial charge in [0.2, 0.25) is 11.5 Å². The van der Waals surface area contributed by atoms with Crippen LogP contribution in [0.1, 0.15) is 29.6 Å². The Balaban J connectivity index is 2.09. The smallest absolute Gasteiger partial charge is 0.309 e. The summed E-state index contributed by atoms with van der Waals surface area (Å²) in [6.45, 7) is -0.284. The predicted molar refractivity (Wildman–Crippen MR) is 78.7 cm³/mol. The fourth-order valence-electron chi connectivity index (χ4n) is 2.22. The topological polar surface area (TPSA) is 71.1 Å². The molecule has 1 fully saturated rings.